The molecule has 198 valence electrons. The van der Waals surface area contributed by atoms with Gasteiger partial charge in [-0.3, -0.25) is 10.1 Å². The van der Waals surface area contributed by atoms with Crippen molar-refractivity contribution in [2.24, 2.45) is 0 Å². The van der Waals surface area contributed by atoms with E-state index in [-0.39, 0.29) is 18.1 Å². The molecular formula is C30H30F2N2O4. The average Bonchev–Trinajstić information content (AvgIpc) is 3.29. The van der Waals surface area contributed by atoms with E-state index in [0.717, 1.165) is 16.8 Å². The highest BCUT2D eigenvalue weighted by atomic mass is 19.1. The number of ether oxygens (including phenoxy) is 1. The van der Waals surface area contributed by atoms with Crippen molar-refractivity contribution in [2.75, 3.05) is 6.61 Å². The maximum absolute atomic E-state index is 13.2. The predicted octanol–water partition coefficient (Wildman–Crippen LogP) is 6.12. The molecule has 0 radical (unpaired) electrons. The summed E-state index contributed by atoms with van der Waals surface area (Å²) in [7, 11) is 0. The number of oxazole rings is 1. The van der Waals surface area contributed by atoms with Crippen LogP contribution in [-0.4, -0.2) is 28.2 Å². The summed E-state index contributed by atoms with van der Waals surface area (Å²) in [6.45, 7) is 4.35. The summed E-state index contributed by atoms with van der Waals surface area (Å²) < 4.78 is 38.0. The summed E-state index contributed by atoms with van der Waals surface area (Å²) >= 11 is 0. The second kappa shape index (κ2) is 12.0. The number of halogens is 2. The third-order valence-corrected chi connectivity index (χ3v) is 6.58. The molecule has 3 aromatic carbocycles. The zero-order valence-corrected chi connectivity index (χ0v) is 21.3. The second-order valence-corrected chi connectivity index (χ2v) is 9.17. The van der Waals surface area contributed by atoms with E-state index in [4.69, 9.17) is 9.15 Å². The van der Waals surface area contributed by atoms with E-state index in [1.165, 1.54) is 24.3 Å². The van der Waals surface area contributed by atoms with Crippen LogP contribution in [0.5, 0.6) is 5.75 Å². The number of hydrogen-bond donors (Lipinski definition) is 2. The monoisotopic (exact) mass is 520 g/mol. The Labute approximate surface area is 220 Å². The highest BCUT2D eigenvalue weighted by Gasteiger charge is 2.36. The smallest absolute Gasteiger partial charge is 0.324 e. The number of nitrogens with one attached hydrogen (secondary N) is 1. The molecule has 0 bridgehead atoms. The number of carbonyl (C=O) groups is 1. The van der Waals surface area contributed by atoms with Crippen LogP contribution in [0.4, 0.5) is 8.78 Å². The van der Waals surface area contributed by atoms with Gasteiger partial charge in [0.2, 0.25) is 5.89 Å². The maximum Gasteiger partial charge on any atom is 0.324 e. The van der Waals surface area contributed by atoms with Crippen LogP contribution in [0.1, 0.15) is 35.9 Å². The summed E-state index contributed by atoms with van der Waals surface area (Å²) in [4.78, 5) is 16.7. The van der Waals surface area contributed by atoms with E-state index in [1.54, 1.807) is 24.3 Å². The van der Waals surface area contributed by atoms with Gasteiger partial charge in [0.1, 0.15) is 28.7 Å². The van der Waals surface area contributed by atoms with E-state index < -0.39 is 11.5 Å². The van der Waals surface area contributed by atoms with Crippen molar-refractivity contribution in [2.45, 2.75) is 45.2 Å². The van der Waals surface area contributed by atoms with Crippen molar-refractivity contribution in [3.8, 4) is 17.2 Å². The molecule has 1 aromatic heterocycles. The topological polar surface area (TPSA) is 84.6 Å². The minimum atomic E-state index is -1.16. The lowest BCUT2D eigenvalue weighted by molar-refractivity contribution is -0.145. The highest BCUT2D eigenvalue weighted by Crippen LogP contribution is 2.24. The molecule has 2 N–H and O–H groups in total. The van der Waals surface area contributed by atoms with Crippen LogP contribution >= 0.6 is 0 Å². The van der Waals surface area contributed by atoms with Crippen LogP contribution in [0.15, 0.2) is 77.2 Å². The Morgan fingerprint density at radius 2 is 1.58 bits per heavy atom. The van der Waals surface area contributed by atoms with E-state index in [2.05, 4.69) is 10.3 Å². The highest BCUT2D eigenvalue weighted by molar-refractivity contribution is 5.79. The van der Waals surface area contributed by atoms with E-state index in [9.17, 15) is 18.7 Å². The molecule has 6 nitrogen and oxygen atoms in total. The number of carboxylic acid groups (broad SMARTS) is 1. The lowest BCUT2D eigenvalue weighted by atomic mass is 9.87. The zero-order chi connectivity index (χ0) is 27.1. The summed E-state index contributed by atoms with van der Waals surface area (Å²) in [6.07, 6.45) is 1.19. The molecule has 38 heavy (non-hydrogen) atoms. The van der Waals surface area contributed by atoms with E-state index in [1.807, 2.05) is 38.1 Å². The van der Waals surface area contributed by atoms with E-state index in [0.29, 0.717) is 49.0 Å². The molecule has 4 aromatic rings. The van der Waals surface area contributed by atoms with Gasteiger partial charge in [0, 0.05) is 24.9 Å². The number of aromatic nitrogens is 1. The molecule has 1 atom stereocenters. The largest absolute Gasteiger partial charge is 0.493 e. The van der Waals surface area contributed by atoms with Crippen molar-refractivity contribution >= 4 is 5.97 Å². The molecule has 0 amide bonds. The van der Waals surface area contributed by atoms with Crippen molar-refractivity contribution < 1.29 is 27.8 Å². The first-order valence-electron chi connectivity index (χ1n) is 12.4. The van der Waals surface area contributed by atoms with Crippen LogP contribution in [-0.2, 0) is 24.2 Å². The number of nitrogens with zero attached hydrogens (tertiary/aromatic N) is 1. The summed E-state index contributed by atoms with van der Waals surface area (Å²) in [5.41, 5.74) is 1.96. The third kappa shape index (κ3) is 6.63. The number of rotatable bonds is 12. The maximum atomic E-state index is 13.2. The molecule has 0 saturated heterocycles. The predicted molar refractivity (Wildman–Crippen MR) is 140 cm³/mol. The standard InChI is InChI=1S/C30H30F2N2O4/c1-3-30(29(35)36,33-19-22-4-10-24(31)11-5-22)18-21-6-14-26(15-7-21)37-17-16-27-20(2)38-28(34-27)23-8-12-25(32)13-9-23/h4-15,33H,3,16-19H2,1-2H3,(H,35,36). The molecule has 0 aliphatic rings. The molecule has 4 rings (SSSR count). The molecule has 0 spiro atoms. The number of hydrogen-bond acceptors (Lipinski definition) is 5. The summed E-state index contributed by atoms with van der Waals surface area (Å²) in [5, 5.41) is 13.2. The van der Waals surface area contributed by atoms with Crippen molar-refractivity contribution in [3.05, 3.63) is 107 Å². The lowest BCUT2D eigenvalue weighted by Gasteiger charge is -2.30. The molecule has 8 heteroatoms. The van der Waals surface area contributed by atoms with Gasteiger partial charge in [-0.1, -0.05) is 31.2 Å². The van der Waals surface area contributed by atoms with Gasteiger partial charge in [0.25, 0.3) is 0 Å². The van der Waals surface area contributed by atoms with Crippen LogP contribution in [0, 0.1) is 18.6 Å². The fourth-order valence-electron chi connectivity index (χ4n) is 4.18. The molecule has 0 fully saturated rings. The Morgan fingerprint density at radius 1 is 0.974 bits per heavy atom. The fraction of sp³-hybridized carbons (Fsp3) is 0.267. The third-order valence-electron chi connectivity index (χ3n) is 6.58. The van der Waals surface area contributed by atoms with Gasteiger partial charge in [-0.25, -0.2) is 13.8 Å². The van der Waals surface area contributed by atoms with Crippen molar-refractivity contribution in [1.82, 2.24) is 10.3 Å². The van der Waals surface area contributed by atoms with Gasteiger partial charge in [-0.2, -0.15) is 0 Å². The van der Waals surface area contributed by atoms with Crippen LogP contribution in [0.2, 0.25) is 0 Å². The van der Waals surface area contributed by atoms with Gasteiger partial charge in [-0.15, -0.1) is 0 Å². The van der Waals surface area contributed by atoms with Gasteiger partial charge in [-0.05, 0) is 73.0 Å². The Hall–Kier alpha value is -4.04. The SMILES string of the molecule is CCC(Cc1ccc(OCCc2nc(-c3ccc(F)cc3)oc2C)cc1)(NCc1ccc(F)cc1)C(=O)O. The quantitative estimate of drug-likeness (QED) is 0.234. The Bertz CT molecular complexity index is 1350. The fourth-order valence-corrected chi connectivity index (χ4v) is 4.18. The van der Waals surface area contributed by atoms with Gasteiger partial charge in [0.05, 0.1) is 12.3 Å². The lowest BCUT2D eigenvalue weighted by Crippen LogP contribution is -2.53. The van der Waals surface area contributed by atoms with Gasteiger partial charge >= 0.3 is 5.97 Å². The molecule has 0 aliphatic heterocycles. The average molecular weight is 521 g/mol. The Morgan fingerprint density at radius 3 is 2.18 bits per heavy atom. The van der Waals surface area contributed by atoms with Crippen LogP contribution < -0.4 is 10.1 Å². The second-order valence-electron chi connectivity index (χ2n) is 9.17. The minimum absolute atomic E-state index is 0.282. The van der Waals surface area contributed by atoms with E-state index >= 15 is 0 Å². The minimum Gasteiger partial charge on any atom is -0.493 e. The zero-order valence-electron chi connectivity index (χ0n) is 21.3. The van der Waals surface area contributed by atoms with Crippen molar-refractivity contribution in [3.63, 3.8) is 0 Å². The molecule has 0 saturated carbocycles. The van der Waals surface area contributed by atoms with Gasteiger partial charge in [0.15, 0.2) is 0 Å². The first-order chi connectivity index (χ1) is 18.3. The van der Waals surface area contributed by atoms with Crippen LogP contribution in [0.25, 0.3) is 11.5 Å². The van der Waals surface area contributed by atoms with Crippen LogP contribution in [0.3, 0.4) is 0 Å². The number of aliphatic carboxylic acids is 1. The first-order valence-corrected chi connectivity index (χ1v) is 12.4. The van der Waals surface area contributed by atoms with Gasteiger partial charge < -0.3 is 14.3 Å². The molecule has 1 heterocycles. The first kappa shape index (κ1) is 27.0. The molecule has 1 unspecified atom stereocenters. The number of carboxylic acids is 1. The normalized spacial score (nSPS) is 12.7. The number of aryl methyl sites for hydroxylation is 1. The Kier molecular flexibility index (Phi) is 8.53. The summed E-state index contributed by atoms with van der Waals surface area (Å²) in [6, 6.07) is 19.3. The van der Waals surface area contributed by atoms with Crippen molar-refractivity contribution in [1.29, 1.82) is 0 Å². The molecule has 0 aliphatic carbocycles. The Balaban J connectivity index is 1.34. The number of benzene rings is 3. The molecular weight excluding hydrogens is 490 g/mol. The summed E-state index contributed by atoms with van der Waals surface area (Å²) in [5.74, 6) is 0.188.